The Balaban J connectivity index is 1.87. The minimum atomic E-state index is -0.554. The van der Waals surface area contributed by atoms with Crippen molar-refractivity contribution < 1.29 is 14.9 Å². The SMILES string of the molecule is OCc1cc2c(cc1CC(O)c1ccccc1)COC2. The van der Waals surface area contributed by atoms with Gasteiger partial charge in [-0.25, -0.2) is 0 Å². The summed E-state index contributed by atoms with van der Waals surface area (Å²) in [6, 6.07) is 13.7. The number of fused-ring (bicyclic) bond motifs is 1. The highest BCUT2D eigenvalue weighted by molar-refractivity contribution is 5.40. The van der Waals surface area contributed by atoms with Crippen molar-refractivity contribution in [2.75, 3.05) is 0 Å². The minimum Gasteiger partial charge on any atom is -0.392 e. The first-order valence-corrected chi connectivity index (χ1v) is 6.83. The molecule has 2 aromatic rings. The number of benzene rings is 2. The second-order valence-electron chi connectivity index (χ2n) is 5.17. The van der Waals surface area contributed by atoms with E-state index in [0.717, 1.165) is 27.8 Å². The van der Waals surface area contributed by atoms with E-state index in [9.17, 15) is 10.2 Å². The van der Waals surface area contributed by atoms with Crippen molar-refractivity contribution in [1.82, 2.24) is 0 Å². The zero-order valence-electron chi connectivity index (χ0n) is 11.2. The molecule has 0 spiro atoms. The molecular weight excluding hydrogens is 252 g/mol. The van der Waals surface area contributed by atoms with Gasteiger partial charge in [-0.2, -0.15) is 0 Å². The van der Waals surface area contributed by atoms with E-state index in [1.807, 2.05) is 36.4 Å². The monoisotopic (exact) mass is 270 g/mol. The normalized spacial score (nSPS) is 15.1. The molecule has 1 unspecified atom stereocenters. The lowest BCUT2D eigenvalue weighted by Crippen LogP contribution is -2.05. The molecule has 0 bridgehead atoms. The number of ether oxygens (including phenoxy) is 1. The van der Waals surface area contributed by atoms with Crippen LogP contribution in [0.5, 0.6) is 0 Å². The van der Waals surface area contributed by atoms with E-state index in [1.54, 1.807) is 0 Å². The molecule has 0 radical (unpaired) electrons. The molecule has 0 aromatic heterocycles. The van der Waals surface area contributed by atoms with Crippen LogP contribution in [0.1, 0.15) is 33.9 Å². The van der Waals surface area contributed by atoms with Crippen LogP contribution >= 0.6 is 0 Å². The highest BCUT2D eigenvalue weighted by Gasteiger charge is 2.17. The summed E-state index contributed by atoms with van der Waals surface area (Å²) in [7, 11) is 0. The maximum absolute atomic E-state index is 10.3. The fourth-order valence-corrected chi connectivity index (χ4v) is 2.67. The third-order valence-electron chi connectivity index (χ3n) is 3.80. The van der Waals surface area contributed by atoms with Gasteiger partial charge in [-0.05, 0) is 27.8 Å². The van der Waals surface area contributed by atoms with Crippen LogP contribution in [0.25, 0.3) is 0 Å². The van der Waals surface area contributed by atoms with Gasteiger partial charge in [-0.15, -0.1) is 0 Å². The van der Waals surface area contributed by atoms with Crippen molar-refractivity contribution in [3.05, 3.63) is 70.3 Å². The molecule has 3 nitrogen and oxygen atoms in total. The van der Waals surface area contributed by atoms with Gasteiger partial charge in [0.2, 0.25) is 0 Å². The van der Waals surface area contributed by atoms with E-state index < -0.39 is 6.10 Å². The first-order chi connectivity index (χ1) is 9.78. The summed E-state index contributed by atoms with van der Waals surface area (Å²) in [5, 5.41) is 19.8. The summed E-state index contributed by atoms with van der Waals surface area (Å²) in [6.45, 7) is 1.23. The summed E-state index contributed by atoms with van der Waals surface area (Å²) in [5.74, 6) is 0. The standard InChI is InChI=1S/C17H18O3/c18-9-14-7-16-11-20-10-15(16)6-13(14)8-17(19)12-4-2-1-3-5-12/h1-7,17-19H,8-11H2. The van der Waals surface area contributed by atoms with Crippen molar-refractivity contribution in [2.45, 2.75) is 32.3 Å². The lowest BCUT2D eigenvalue weighted by molar-refractivity contribution is 0.134. The van der Waals surface area contributed by atoms with Gasteiger partial charge >= 0.3 is 0 Å². The van der Waals surface area contributed by atoms with Crippen LogP contribution in [0, 0.1) is 0 Å². The topological polar surface area (TPSA) is 49.7 Å². The minimum absolute atomic E-state index is 0.00980. The maximum Gasteiger partial charge on any atom is 0.0830 e. The van der Waals surface area contributed by atoms with Gasteiger partial charge in [0, 0.05) is 6.42 Å². The zero-order chi connectivity index (χ0) is 13.9. The summed E-state index contributed by atoms with van der Waals surface area (Å²) in [6.07, 6.45) is -0.0467. The third-order valence-corrected chi connectivity index (χ3v) is 3.80. The first kappa shape index (κ1) is 13.3. The van der Waals surface area contributed by atoms with E-state index in [4.69, 9.17) is 4.74 Å². The Morgan fingerprint density at radius 2 is 1.65 bits per heavy atom. The highest BCUT2D eigenvalue weighted by atomic mass is 16.5. The summed E-state index contributed by atoms with van der Waals surface area (Å²) < 4.78 is 5.41. The molecule has 0 fully saturated rings. The largest absolute Gasteiger partial charge is 0.392 e. The van der Waals surface area contributed by atoms with Crippen LogP contribution in [0.15, 0.2) is 42.5 Å². The number of hydrogen-bond acceptors (Lipinski definition) is 3. The van der Waals surface area contributed by atoms with Crippen LogP contribution in [-0.4, -0.2) is 10.2 Å². The molecule has 3 rings (SSSR count). The smallest absolute Gasteiger partial charge is 0.0830 e. The van der Waals surface area contributed by atoms with Gasteiger partial charge in [0.15, 0.2) is 0 Å². The van der Waals surface area contributed by atoms with E-state index in [1.165, 1.54) is 0 Å². The molecule has 2 aromatic carbocycles. The number of aliphatic hydroxyl groups excluding tert-OH is 2. The van der Waals surface area contributed by atoms with Crippen LogP contribution in [0.2, 0.25) is 0 Å². The summed E-state index contributed by atoms with van der Waals surface area (Å²) >= 11 is 0. The molecule has 104 valence electrons. The number of hydrogen-bond donors (Lipinski definition) is 2. The molecule has 0 saturated carbocycles. The molecule has 1 aliphatic rings. The van der Waals surface area contributed by atoms with Crippen LogP contribution in [0.3, 0.4) is 0 Å². The molecule has 0 saturated heterocycles. The van der Waals surface area contributed by atoms with Crippen LogP contribution < -0.4 is 0 Å². The van der Waals surface area contributed by atoms with E-state index in [-0.39, 0.29) is 6.61 Å². The fraction of sp³-hybridized carbons (Fsp3) is 0.294. The second-order valence-corrected chi connectivity index (χ2v) is 5.17. The van der Waals surface area contributed by atoms with Crippen molar-refractivity contribution in [1.29, 1.82) is 0 Å². The Morgan fingerprint density at radius 1 is 1.00 bits per heavy atom. The van der Waals surface area contributed by atoms with Crippen LogP contribution in [0.4, 0.5) is 0 Å². The van der Waals surface area contributed by atoms with E-state index >= 15 is 0 Å². The van der Waals surface area contributed by atoms with Gasteiger partial charge in [0.1, 0.15) is 0 Å². The Bertz CT molecular complexity index is 593. The van der Waals surface area contributed by atoms with Crippen molar-refractivity contribution in [3.8, 4) is 0 Å². The molecule has 0 amide bonds. The van der Waals surface area contributed by atoms with Gasteiger partial charge in [0.25, 0.3) is 0 Å². The predicted octanol–water partition coefficient (Wildman–Crippen LogP) is 2.49. The summed E-state index contributed by atoms with van der Waals surface area (Å²) in [4.78, 5) is 0. The van der Waals surface area contributed by atoms with Crippen molar-refractivity contribution in [2.24, 2.45) is 0 Å². The number of aliphatic hydroxyl groups is 2. The lowest BCUT2D eigenvalue weighted by Gasteiger charge is -2.15. The summed E-state index contributed by atoms with van der Waals surface area (Å²) in [5.41, 5.74) is 5.08. The van der Waals surface area contributed by atoms with Crippen molar-refractivity contribution >= 4 is 0 Å². The Labute approximate surface area is 118 Å². The highest BCUT2D eigenvalue weighted by Crippen LogP contribution is 2.27. The fourth-order valence-electron chi connectivity index (χ4n) is 2.67. The molecule has 0 aliphatic carbocycles. The Kier molecular flexibility index (Phi) is 3.83. The van der Waals surface area contributed by atoms with Crippen LogP contribution in [-0.2, 0) is 31.0 Å². The second kappa shape index (κ2) is 5.75. The molecule has 2 N–H and O–H groups in total. The average molecular weight is 270 g/mol. The zero-order valence-corrected chi connectivity index (χ0v) is 11.2. The maximum atomic E-state index is 10.3. The molecule has 20 heavy (non-hydrogen) atoms. The van der Waals surface area contributed by atoms with E-state index in [0.29, 0.717) is 19.6 Å². The first-order valence-electron chi connectivity index (χ1n) is 6.83. The van der Waals surface area contributed by atoms with Crippen molar-refractivity contribution in [3.63, 3.8) is 0 Å². The molecule has 1 heterocycles. The molecule has 1 aliphatic heterocycles. The molecule has 1 atom stereocenters. The molecule has 3 heteroatoms. The molecular formula is C17H18O3. The Hall–Kier alpha value is -1.68. The predicted molar refractivity (Wildman–Crippen MR) is 76.0 cm³/mol. The average Bonchev–Trinajstić information content (AvgIpc) is 2.94. The van der Waals surface area contributed by atoms with E-state index in [2.05, 4.69) is 6.07 Å². The number of rotatable bonds is 4. The third kappa shape index (κ3) is 2.61. The Morgan fingerprint density at radius 3 is 2.30 bits per heavy atom. The van der Waals surface area contributed by atoms with Gasteiger partial charge in [0.05, 0.1) is 25.9 Å². The quantitative estimate of drug-likeness (QED) is 0.897. The van der Waals surface area contributed by atoms with Gasteiger partial charge in [-0.3, -0.25) is 0 Å². The lowest BCUT2D eigenvalue weighted by atomic mass is 9.94. The van der Waals surface area contributed by atoms with Gasteiger partial charge in [-0.1, -0.05) is 42.5 Å². The van der Waals surface area contributed by atoms with Gasteiger partial charge < -0.3 is 14.9 Å².